The summed E-state index contributed by atoms with van der Waals surface area (Å²) in [5.74, 6) is 0. The summed E-state index contributed by atoms with van der Waals surface area (Å²) >= 11 is 0. The van der Waals surface area contributed by atoms with Crippen LogP contribution in [0.25, 0.3) is 0 Å². The van der Waals surface area contributed by atoms with Gasteiger partial charge >= 0.3 is 0 Å². The SMILES string of the molecule is Cc1ccccc1S(=O)(=O)N(C)C(C)(C)C#N. The van der Waals surface area contributed by atoms with Crippen molar-refractivity contribution >= 4 is 10.0 Å². The van der Waals surface area contributed by atoms with Crippen LogP contribution in [-0.4, -0.2) is 25.3 Å². The Labute approximate surface area is 103 Å². The molecule has 0 amide bonds. The first-order chi connectivity index (χ1) is 7.73. The van der Waals surface area contributed by atoms with Gasteiger partial charge in [-0.25, -0.2) is 8.42 Å². The standard InChI is InChI=1S/C12H16N2O2S/c1-10-7-5-6-8-11(10)17(15,16)14(4)12(2,3)9-13/h5-8H,1-4H3. The van der Waals surface area contributed by atoms with Gasteiger partial charge in [-0.15, -0.1) is 0 Å². The first-order valence-corrected chi connectivity index (χ1v) is 6.63. The number of nitriles is 1. The summed E-state index contributed by atoms with van der Waals surface area (Å²) in [6.45, 7) is 4.88. The minimum absolute atomic E-state index is 0.242. The van der Waals surface area contributed by atoms with Gasteiger partial charge in [0.25, 0.3) is 0 Å². The van der Waals surface area contributed by atoms with Crippen LogP contribution in [0, 0.1) is 18.3 Å². The van der Waals surface area contributed by atoms with E-state index in [-0.39, 0.29) is 4.90 Å². The lowest BCUT2D eigenvalue weighted by Crippen LogP contribution is -2.43. The Morgan fingerprint density at radius 3 is 2.29 bits per heavy atom. The van der Waals surface area contributed by atoms with Crippen LogP contribution in [0.1, 0.15) is 19.4 Å². The highest BCUT2D eigenvalue weighted by atomic mass is 32.2. The molecular formula is C12H16N2O2S. The molecule has 17 heavy (non-hydrogen) atoms. The number of sulfonamides is 1. The Balaban J connectivity index is 3.33. The van der Waals surface area contributed by atoms with Gasteiger partial charge in [0.05, 0.1) is 11.0 Å². The van der Waals surface area contributed by atoms with E-state index in [1.54, 1.807) is 45.0 Å². The first kappa shape index (κ1) is 13.7. The topological polar surface area (TPSA) is 61.2 Å². The van der Waals surface area contributed by atoms with Crippen molar-refractivity contribution in [1.82, 2.24) is 4.31 Å². The van der Waals surface area contributed by atoms with Crippen molar-refractivity contribution in [3.05, 3.63) is 29.8 Å². The summed E-state index contributed by atoms with van der Waals surface area (Å²) in [5.41, 5.74) is -0.394. The second-order valence-electron chi connectivity index (χ2n) is 4.41. The summed E-state index contributed by atoms with van der Waals surface area (Å²) < 4.78 is 25.8. The molecule has 0 aliphatic rings. The van der Waals surface area contributed by atoms with Gasteiger partial charge in [0.15, 0.2) is 0 Å². The normalized spacial score (nSPS) is 12.5. The van der Waals surface area contributed by atoms with Crippen molar-refractivity contribution in [3.63, 3.8) is 0 Å². The van der Waals surface area contributed by atoms with Gasteiger partial charge in [-0.2, -0.15) is 9.57 Å². The number of aryl methyl sites for hydroxylation is 1. The van der Waals surface area contributed by atoms with E-state index in [2.05, 4.69) is 0 Å². The van der Waals surface area contributed by atoms with Crippen molar-refractivity contribution < 1.29 is 8.42 Å². The molecule has 0 heterocycles. The van der Waals surface area contributed by atoms with Crippen molar-refractivity contribution in [2.24, 2.45) is 0 Å². The molecule has 0 radical (unpaired) electrons. The number of rotatable bonds is 3. The molecule has 1 aromatic rings. The number of benzene rings is 1. The van der Waals surface area contributed by atoms with Gasteiger partial charge in [-0.3, -0.25) is 0 Å². The predicted octanol–water partition coefficient (Wildman–Crippen LogP) is 1.92. The third-order valence-electron chi connectivity index (χ3n) is 2.79. The molecule has 0 aliphatic carbocycles. The first-order valence-electron chi connectivity index (χ1n) is 5.19. The third-order valence-corrected chi connectivity index (χ3v) is 4.98. The van der Waals surface area contributed by atoms with Gasteiger partial charge in [-0.05, 0) is 32.4 Å². The zero-order valence-electron chi connectivity index (χ0n) is 10.4. The van der Waals surface area contributed by atoms with Crippen molar-refractivity contribution in [3.8, 4) is 6.07 Å². The molecular weight excluding hydrogens is 236 g/mol. The van der Waals surface area contributed by atoms with Crippen LogP contribution in [0.5, 0.6) is 0 Å². The highest BCUT2D eigenvalue weighted by molar-refractivity contribution is 7.89. The minimum atomic E-state index is -3.63. The van der Waals surface area contributed by atoms with Crippen molar-refractivity contribution in [1.29, 1.82) is 5.26 Å². The van der Waals surface area contributed by atoms with E-state index in [1.165, 1.54) is 7.05 Å². The van der Waals surface area contributed by atoms with Crippen LogP contribution < -0.4 is 0 Å². The van der Waals surface area contributed by atoms with Gasteiger partial charge in [0.1, 0.15) is 5.54 Å². The van der Waals surface area contributed by atoms with E-state index < -0.39 is 15.6 Å². The fourth-order valence-electron chi connectivity index (χ4n) is 1.36. The maximum Gasteiger partial charge on any atom is 0.244 e. The largest absolute Gasteiger partial charge is 0.244 e. The van der Waals surface area contributed by atoms with Crippen LogP contribution in [0.15, 0.2) is 29.2 Å². The number of nitrogens with zero attached hydrogens (tertiary/aromatic N) is 2. The Morgan fingerprint density at radius 1 is 1.29 bits per heavy atom. The molecule has 0 aromatic heterocycles. The second kappa shape index (κ2) is 4.47. The lowest BCUT2D eigenvalue weighted by molar-refractivity contribution is 0.337. The quantitative estimate of drug-likeness (QED) is 0.825. The molecule has 0 aliphatic heterocycles. The average molecular weight is 252 g/mol. The van der Waals surface area contributed by atoms with Gasteiger partial charge in [0.2, 0.25) is 10.0 Å². The zero-order valence-corrected chi connectivity index (χ0v) is 11.2. The fourth-order valence-corrected chi connectivity index (χ4v) is 3.03. The maximum absolute atomic E-state index is 12.3. The molecule has 92 valence electrons. The molecule has 5 heteroatoms. The minimum Gasteiger partial charge on any atom is -0.207 e. The lowest BCUT2D eigenvalue weighted by Gasteiger charge is -2.28. The summed E-state index contributed by atoms with van der Waals surface area (Å²) in [5, 5.41) is 8.99. The zero-order chi connectivity index (χ0) is 13.3. The molecule has 4 nitrogen and oxygen atoms in total. The van der Waals surface area contributed by atoms with Gasteiger partial charge in [0, 0.05) is 7.05 Å². The van der Waals surface area contributed by atoms with Crippen molar-refractivity contribution in [2.75, 3.05) is 7.05 Å². The van der Waals surface area contributed by atoms with Crippen LogP contribution in [0.3, 0.4) is 0 Å². The van der Waals surface area contributed by atoms with Crippen LogP contribution >= 0.6 is 0 Å². The molecule has 0 N–H and O–H groups in total. The summed E-state index contributed by atoms with van der Waals surface area (Å²) in [6, 6.07) is 8.72. The molecule has 0 spiro atoms. The molecule has 0 fully saturated rings. The fraction of sp³-hybridized carbons (Fsp3) is 0.417. The average Bonchev–Trinajstić information content (AvgIpc) is 2.28. The molecule has 0 atom stereocenters. The maximum atomic E-state index is 12.3. The van der Waals surface area contributed by atoms with Crippen LogP contribution in [0.2, 0.25) is 0 Å². The van der Waals surface area contributed by atoms with E-state index in [0.29, 0.717) is 5.56 Å². The monoisotopic (exact) mass is 252 g/mol. The number of hydrogen-bond donors (Lipinski definition) is 0. The predicted molar refractivity (Wildman–Crippen MR) is 65.8 cm³/mol. The van der Waals surface area contributed by atoms with E-state index in [4.69, 9.17) is 5.26 Å². The van der Waals surface area contributed by atoms with E-state index >= 15 is 0 Å². The molecule has 0 unspecified atom stereocenters. The smallest absolute Gasteiger partial charge is 0.207 e. The van der Waals surface area contributed by atoms with E-state index in [9.17, 15) is 8.42 Å². The molecule has 0 saturated heterocycles. The van der Waals surface area contributed by atoms with Gasteiger partial charge < -0.3 is 0 Å². The molecule has 1 rings (SSSR count). The Kier molecular flexibility index (Phi) is 3.60. The lowest BCUT2D eigenvalue weighted by atomic mass is 10.1. The van der Waals surface area contributed by atoms with E-state index in [1.807, 2.05) is 6.07 Å². The molecule has 0 bridgehead atoms. The van der Waals surface area contributed by atoms with Gasteiger partial charge in [-0.1, -0.05) is 18.2 Å². The van der Waals surface area contributed by atoms with Crippen molar-refractivity contribution in [2.45, 2.75) is 31.2 Å². The van der Waals surface area contributed by atoms with E-state index in [0.717, 1.165) is 4.31 Å². The van der Waals surface area contributed by atoms with Crippen LogP contribution in [-0.2, 0) is 10.0 Å². The number of hydrogen-bond acceptors (Lipinski definition) is 3. The summed E-state index contributed by atoms with van der Waals surface area (Å²) in [4.78, 5) is 0.242. The third kappa shape index (κ3) is 2.48. The molecule has 0 saturated carbocycles. The summed E-state index contributed by atoms with van der Waals surface area (Å²) in [6.07, 6.45) is 0. The second-order valence-corrected chi connectivity index (χ2v) is 6.35. The highest BCUT2D eigenvalue weighted by Crippen LogP contribution is 2.24. The summed E-state index contributed by atoms with van der Waals surface area (Å²) in [7, 11) is -2.21. The Morgan fingerprint density at radius 2 is 1.82 bits per heavy atom. The van der Waals surface area contributed by atoms with Crippen LogP contribution in [0.4, 0.5) is 0 Å². The Bertz CT molecular complexity index is 556. The Hall–Kier alpha value is -1.38. The molecule has 1 aromatic carbocycles. The highest BCUT2D eigenvalue weighted by Gasteiger charge is 2.34.